The number of ether oxygens (including phenoxy) is 1. The number of hydrogen-bond donors (Lipinski definition) is 2. The quantitative estimate of drug-likeness (QED) is 0.324. The van der Waals surface area contributed by atoms with Crippen molar-refractivity contribution in [2.45, 2.75) is 20.0 Å². The van der Waals surface area contributed by atoms with E-state index in [2.05, 4.69) is 15.3 Å². The molecule has 0 aliphatic heterocycles. The molecule has 0 radical (unpaired) electrons. The van der Waals surface area contributed by atoms with E-state index in [4.69, 9.17) is 16.3 Å². The fourth-order valence-corrected chi connectivity index (χ4v) is 3.50. The van der Waals surface area contributed by atoms with E-state index in [1.807, 2.05) is 0 Å². The Morgan fingerprint density at radius 3 is 2.47 bits per heavy atom. The van der Waals surface area contributed by atoms with Crippen molar-refractivity contribution in [1.29, 1.82) is 0 Å². The molecular formula is C25H20ClF2N5O5. The van der Waals surface area contributed by atoms with Gasteiger partial charge in [-0.05, 0) is 35.9 Å². The van der Waals surface area contributed by atoms with E-state index in [9.17, 15) is 28.3 Å². The largest absolute Gasteiger partial charge is 0.481 e. The molecule has 0 amide bonds. The van der Waals surface area contributed by atoms with E-state index in [-0.39, 0.29) is 36.4 Å². The Labute approximate surface area is 218 Å². The van der Waals surface area contributed by atoms with Crippen LogP contribution < -0.4 is 21.4 Å². The molecule has 0 aliphatic carbocycles. The monoisotopic (exact) mass is 543 g/mol. The maximum Gasteiger partial charge on any atom is 0.354 e. The number of carbonyl (C=O) groups is 1. The summed E-state index contributed by atoms with van der Waals surface area (Å²) < 4.78 is 35.0. The molecular weight excluding hydrogens is 524 g/mol. The van der Waals surface area contributed by atoms with Crippen LogP contribution in [0.3, 0.4) is 0 Å². The highest BCUT2D eigenvalue weighted by atomic mass is 35.5. The number of benzene rings is 2. The number of aromatic nitrogens is 4. The molecule has 0 fully saturated rings. The van der Waals surface area contributed by atoms with Gasteiger partial charge in [0.2, 0.25) is 11.8 Å². The van der Waals surface area contributed by atoms with E-state index in [1.54, 1.807) is 24.3 Å². The first-order chi connectivity index (χ1) is 18.1. The Hall–Kier alpha value is -4.58. The molecule has 196 valence electrons. The number of nitrogens with zero attached hydrogens (tertiary/aromatic N) is 4. The van der Waals surface area contributed by atoms with Crippen LogP contribution >= 0.6 is 11.6 Å². The summed E-state index contributed by atoms with van der Waals surface area (Å²) in [5.74, 6) is -4.01. The Bertz CT molecular complexity index is 1590. The first kappa shape index (κ1) is 26.5. The third-order valence-electron chi connectivity index (χ3n) is 5.38. The predicted molar refractivity (Wildman–Crippen MR) is 134 cm³/mol. The number of rotatable bonds is 9. The van der Waals surface area contributed by atoms with Crippen molar-refractivity contribution in [2.24, 2.45) is 5.92 Å². The second kappa shape index (κ2) is 11.2. The van der Waals surface area contributed by atoms with Gasteiger partial charge in [-0.15, -0.1) is 0 Å². The molecule has 0 spiro atoms. The molecule has 0 bridgehead atoms. The van der Waals surface area contributed by atoms with E-state index < -0.39 is 34.9 Å². The highest BCUT2D eigenvalue weighted by Crippen LogP contribution is 2.27. The average molecular weight is 544 g/mol. The second-order valence-electron chi connectivity index (χ2n) is 8.25. The Balaban J connectivity index is 1.68. The van der Waals surface area contributed by atoms with Gasteiger partial charge in [0.15, 0.2) is 11.6 Å². The number of hydrogen-bond acceptors (Lipinski definition) is 7. The van der Waals surface area contributed by atoms with Gasteiger partial charge in [0.25, 0.3) is 0 Å². The lowest BCUT2D eigenvalue weighted by atomic mass is 10.2. The topological polar surface area (TPSA) is 128 Å². The van der Waals surface area contributed by atoms with Gasteiger partial charge in [0.05, 0.1) is 18.7 Å². The lowest BCUT2D eigenvalue weighted by Crippen LogP contribution is -2.44. The summed E-state index contributed by atoms with van der Waals surface area (Å²) >= 11 is 5.94. The van der Waals surface area contributed by atoms with Crippen LogP contribution in [0.15, 0.2) is 70.4 Å². The third kappa shape index (κ3) is 6.21. The van der Waals surface area contributed by atoms with Crippen LogP contribution in [0.4, 0.5) is 20.4 Å². The predicted octanol–water partition coefficient (Wildman–Crippen LogP) is 4.04. The highest BCUT2D eigenvalue weighted by Gasteiger charge is 2.19. The summed E-state index contributed by atoms with van der Waals surface area (Å²) in [6.07, 6.45) is 0.925. The van der Waals surface area contributed by atoms with Crippen LogP contribution in [0.5, 0.6) is 11.6 Å². The summed E-state index contributed by atoms with van der Waals surface area (Å²) in [5, 5.41) is 12.5. The third-order valence-corrected chi connectivity index (χ3v) is 5.64. The van der Waals surface area contributed by atoms with Gasteiger partial charge < -0.3 is 15.2 Å². The molecule has 2 aromatic heterocycles. The van der Waals surface area contributed by atoms with Crippen molar-refractivity contribution in [3.63, 3.8) is 0 Å². The first-order valence-corrected chi connectivity index (χ1v) is 11.5. The summed E-state index contributed by atoms with van der Waals surface area (Å²) in [6.45, 7) is 0.920. The van der Waals surface area contributed by atoms with E-state index in [0.29, 0.717) is 10.6 Å². The van der Waals surface area contributed by atoms with Crippen molar-refractivity contribution in [3.8, 4) is 11.6 Å². The van der Waals surface area contributed by atoms with Gasteiger partial charge in [0.1, 0.15) is 5.82 Å². The van der Waals surface area contributed by atoms with Gasteiger partial charge >= 0.3 is 17.3 Å². The molecule has 0 aliphatic rings. The van der Waals surface area contributed by atoms with Crippen LogP contribution in [-0.2, 0) is 17.9 Å². The van der Waals surface area contributed by atoms with Crippen LogP contribution in [0.25, 0.3) is 0 Å². The molecule has 13 heteroatoms. The number of pyridine rings is 1. The van der Waals surface area contributed by atoms with Gasteiger partial charge in [-0.25, -0.2) is 27.9 Å². The first-order valence-electron chi connectivity index (χ1n) is 11.2. The average Bonchev–Trinajstić information content (AvgIpc) is 2.88. The Kier molecular flexibility index (Phi) is 7.82. The molecule has 1 atom stereocenters. The summed E-state index contributed by atoms with van der Waals surface area (Å²) in [7, 11) is 0. The standard InChI is InChI=1S/C25H20ClF2N5O5/c1-14(22(34)35)12-33-24(36)31-23(32(25(33)37)13-15-2-4-16(26)5-3-15)30-18-7-8-20(19(28)10-18)38-21-9-6-17(27)11-29-21/h2-11,14H,12-13H2,1H3,(H,34,35)(H,30,31,36)/t14-/m0/s1. The minimum Gasteiger partial charge on any atom is -0.481 e. The van der Waals surface area contributed by atoms with Gasteiger partial charge in [-0.1, -0.05) is 30.7 Å². The smallest absolute Gasteiger partial charge is 0.354 e. The minimum atomic E-state index is -1.18. The zero-order chi connectivity index (χ0) is 27.4. The van der Waals surface area contributed by atoms with Crippen LogP contribution in [0, 0.1) is 17.6 Å². The van der Waals surface area contributed by atoms with Gasteiger partial charge in [-0.3, -0.25) is 9.36 Å². The molecule has 2 aromatic carbocycles. The fourth-order valence-electron chi connectivity index (χ4n) is 3.37. The van der Waals surface area contributed by atoms with Crippen molar-refractivity contribution >= 4 is 29.2 Å². The summed E-state index contributed by atoms with van der Waals surface area (Å²) in [6, 6.07) is 12.7. The van der Waals surface area contributed by atoms with Crippen molar-refractivity contribution in [3.05, 3.63) is 104 Å². The van der Waals surface area contributed by atoms with Gasteiger partial charge in [0, 0.05) is 29.4 Å². The van der Waals surface area contributed by atoms with Crippen LogP contribution in [0.2, 0.25) is 5.02 Å². The number of anilines is 2. The number of nitrogens with one attached hydrogen (secondary N) is 1. The molecule has 2 N–H and O–H groups in total. The molecule has 2 heterocycles. The molecule has 0 saturated carbocycles. The van der Waals surface area contributed by atoms with Crippen molar-refractivity contribution < 1.29 is 23.4 Å². The molecule has 4 rings (SSSR count). The lowest BCUT2D eigenvalue weighted by Gasteiger charge is -2.17. The zero-order valence-electron chi connectivity index (χ0n) is 19.8. The van der Waals surface area contributed by atoms with Gasteiger partial charge in [-0.2, -0.15) is 4.98 Å². The fraction of sp³-hybridized carbons (Fsp3) is 0.160. The van der Waals surface area contributed by atoms with E-state index >= 15 is 0 Å². The maximum atomic E-state index is 14.8. The summed E-state index contributed by atoms with van der Waals surface area (Å²) in [5.41, 5.74) is -1.01. The molecule has 10 nitrogen and oxygen atoms in total. The van der Waals surface area contributed by atoms with Crippen molar-refractivity contribution in [1.82, 2.24) is 19.1 Å². The molecule has 4 aromatic rings. The normalized spacial score (nSPS) is 11.7. The highest BCUT2D eigenvalue weighted by molar-refractivity contribution is 6.30. The zero-order valence-corrected chi connectivity index (χ0v) is 20.5. The Morgan fingerprint density at radius 1 is 1.11 bits per heavy atom. The number of halogens is 3. The molecule has 38 heavy (non-hydrogen) atoms. The van der Waals surface area contributed by atoms with E-state index in [1.165, 1.54) is 25.1 Å². The maximum absolute atomic E-state index is 14.8. The summed E-state index contributed by atoms with van der Waals surface area (Å²) in [4.78, 5) is 44.9. The lowest BCUT2D eigenvalue weighted by molar-refractivity contribution is -0.141. The van der Waals surface area contributed by atoms with Crippen molar-refractivity contribution in [2.75, 3.05) is 5.32 Å². The Morgan fingerprint density at radius 2 is 1.84 bits per heavy atom. The SMILES string of the molecule is C[C@@H](Cn1c(=O)nc(Nc2ccc(Oc3ccc(F)cn3)c(F)c2)n(Cc2ccc(Cl)cc2)c1=O)C(=O)O. The molecule has 0 saturated heterocycles. The minimum absolute atomic E-state index is 0.0244. The van der Waals surface area contributed by atoms with Crippen LogP contribution in [-0.4, -0.2) is 30.2 Å². The number of aliphatic carboxylic acids is 1. The molecule has 0 unspecified atom stereocenters. The van der Waals surface area contributed by atoms with Crippen LogP contribution in [0.1, 0.15) is 12.5 Å². The van der Waals surface area contributed by atoms with E-state index in [0.717, 1.165) is 27.5 Å². The number of carboxylic acids is 1. The number of carboxylic acid groups (broad SMARTS) is 1. The second-order valence-corrected chi connectivity index (χ2v) is 8.69.